The largest absolute Gasteiger partial charge is 0.370 e. The molecule has 0 aliphatic rings. The fraction of sp³-hybridized carbons (Fsp3) is 0.357. The lowest BCUT2D eigenvalue weighted by molar-refractivity contribution is 0.813. The summed E-state index contributed by atoms with van der Waals surface area (Å²) in [5.74, 6) is 1.06. The first-order valence-corrected chi connectivity index (χ1v) is 6.16. The van der Waals surface area contributed by atoms with Crippen LogP contribution >= 0.6 is 0 Å². The standard InChI is InChI=1S/C14H19N3/c1-3-4-10-15-14-9-11-16-17(14)13-7-5-12(2)6-8-13/h5-9,11,15H,3-4,10H2,1-2H3. The van der Waals surface area contributed by atoms with E-state index in [2.05, 4.69) is 48.5 Å². The van der Waals surface area contributed by atoms with Crippen molar-refractivity contribution >= 4 is 5.82 Å². The van der Waals surface area contributed by atoms with Gasteiger partial charge in [0.25, 0.3) is 0 Å². The molecule has 3 nitrogen and oxygen atoms in total. The molecule has 3 heteroatoms. The van der Waals surface area contributed by atoms with Gasteiger partial charge in [0.15, 0.2) is 0 Å². The van der Waals surface area contributed by atoms with E-state index in [1.165, 1.54) is 18.4 Å². The topological polar surface area (TPSA) is 29.9 Å². The number of unbranched alkanes of at least 4 members (excludes halogenated alkanes) is 1. The normalized spacial score (nSPS) is 10.5. The van der Waals surface area contributed by atoms with Crippen LogP contribution in [0.4, 0.5) is 5.82 Å². The minimum Gasteiger partial charge on any atom is -0.370 e. The predicted octanol–water partition coefficient (Wildman–Crippen LogP) is 3.39. The molecule has 0 bridgehead atoms. The van der Waals surface area contributed by atoms with Gasteiger partial charge in [-0.2, -0.15) is 5.10 Å². The second kappa shape index (κ2) is 5.53. The molecule has 2 aromatic rings. The van der Waals surface area contributed by atoms with Crippen molar-refractivity contribution in [2.45, 2.75) is 26.7 Å². The molecule has 0 fully saturated rings. The van der Waals surface area contributed by atoms with Crippen molar-refractivity contribution < 1.29 is 0 Å². The number of rotatable bonds is 5. The van der Waals surface area contributed by atoms with Crippen LogP contribution in [0.2, 0.25) is 0 Å². The molecular weight excluding hydrogens is 210 g/mol. The molecule has 1 heterocycles. The molecule has 1 aromatic carbocycles. The van der Waals surface area contributed by atoms with Crippen LogP contribution in [-0.4, -0.2) is 16.3 Å². The molecule has 1 N–H and O–H groups in total. The summed E-state index contributed by atoms with van der Waals surface area (Å²) in [6.07, 6.45) is 4.21. The number of nitrogens with one attached hydrogen (secondary N) is 1. The third-order valence-corrected chi connectivity index (χ3v) is 2.76. The van der Waals surface area contributed by atoms with Crippen LogP contribution in [0.1, 0.15) is 25.3 Å². The van der Waals surface area contributed by atoms with E-state index in [9.17, 15) is 0 Å². The molecule has 2 rings (SSSR count). The van der Waals surface area contributed by atoms with Crippen molar-refractivity contribution in [2.75, 3.05) is 11.9 Å². The molecule has 0 amide bonds. The van der Waals surface area contributed by atoms with Gasteiger partial charge in [-0.15, -0.1) is 0 Å². The molecule has 0 saturated heterocycles. The van der Waals surface area contributed by atoms with E-state index in [0.29, 0.717) is 0 Å². The third kappa shape index (κ3) is 2.87. The zero-order valence-corrected chi connectivity index (χ0v) is 10.5. The summed E-state index contributed by atoms with van der Waals surface area (Å²) in [5.41, 5.74) is 2.36. The summed E-state index contributed by atoms with van der Waals surface area (Å²) in [5, 5.41) is 7.76. The van der Waals surface area contributed by atoms with Gasteiger partial charge in [-0.3, -0.25) is 0 Å². The van der Waals surface area contributed by atoms with Gasteiger partial charge in [0.1, 0.15) is 5.82 Å². The molecule has 0 atom stereocenters. The van der Waals surface area contributed by atoms with E-state index in [-0.39, 0.29) is 0 Å². The Balaban J connectivity index is 2.15. The van der Waals surface area contributed by atoms with E-state index < -0.39 is 0 Å². The van der Waals surface area contributed by atoms with Crippen LogP contribution in [0.3, 0.4) is 0 Å². The number of hydrogen-bond acceptors (Lipinski definition) is 2. The molecule has 0 spiro atoms. The van der Waals surface area contributed by atoms with Gasteiger partial charge in [0, 0.05) is 12.6 Å². The highest BCUT2D eigenvalue weighted by molar-refractivity contribution is 5.44. The number of benzene rings is 1. The Bertz CT molecular complexity index is 457. The van der Waals surface area contributed by atoms with Crippen LogP contribution in [0.5, 0.6) is 0 Å². The van der Waals surface area contributed by atoms with Gasteiger partial charge in [-0.25, -0.2) is 4.68 Å². The van der Waals surface area contributed by atoms with Crippen molar-refractivity contribution in [3.05, 3.63) is 42.1 Å². The van der Waals surface area contributed by atoms with Crippen molar-refractivity contribution in [2.24, 2.45) is 0 Å². The summed E-state index contributed by atoms with van der Waals surface area (Å²) in [7, 11) is 0. The third-order valence-electron chi connectivity index (χ3n) is 2.76. The first-order valence-electron chi connectivity index (χ1n) is 6.16. The minimum absolute atomic E-state index is 0.994. The van der Waals surface area contributed by atoms with E-state index in [0.717, 1.165) is 18.1 Å². The van der Waals surface area contributed by atoms with Gasteiger partial charge >= 0.3 is 0 Å². The van der Waals surface area contributed by atoms with Crippen molar-refractivity contribution in [3.63, 3.8) is 0 Å². The maximum atomic E-state index is 4.35. The second-order valence-electron chi connectivity index (χ2n) is 4.24. The van der Waals surface area contributed by atoms with Crippen LogP contribution in [-0.2, 0) is 0 Å². The van der Waals surface area contributed by atoms with Crippen LogP contribution in [0, 0.1) is 6.92 Å². The van der Waals surface area contributed by atoms with Crippen LogP contribution in [0.25, 0.3) is 5.69 Å². The van der Waals surface area contributed by atoms with E-state index in [4.69, 9.17) is 0 Å². The highest BCUT2D eigenvalue weighted by Gasteiger charge is 2.03. The Labute approximate surface area is 102 Å². The zero-order valence-electron chi connectivity index (χ0n) is 10.5. The minimum atomic E-state index is 0.994. The summed E-state index contributed by atoms with van der Waals surface area (Å²) < 4.78 is 1.94. The SMILES string of the molecule is CCCCNc1ccnn1-c1ccc(C)cc1. The molecule has 0 radical (unpaired) electrons. The first-order chi connectivity index (χ1) is 8.31. The lowest BCUT2D eigenvalue weighted by atomic mass is 10.2. The lowest BCUT2D eigenvalue weighted by Gasteiger charge is -2.09. The molecular formula is C14H19N3. The number of nitrogens with zero attached hydrogens (tertiary/aromatic N) is 2. The molecule has 0 saturated carbocycles. The molecule has 0 aliphatic heterocycles. The number of anilines is 1. The maximum Gasteiger partial charge on any atom is 0.129 e. The molecule has 17 heavy (non-hydrogen) atoms. The number of hydrogen-bond donors (Lipinski definition) is 1. The Kier molecular flexibility index (Phi) is 3.81. The summed E-state index contributed by atoms with van der Waals surface area (Å²) in [6.45, 7) is 5.28. The van der Waals surface area contributed by atoms with Gasteiger partial charge in [-0.1, -0.05) is 31.0 Å². The number of aromatic nitrogens is 2. The smallest absolute Gasteiger partial charge is 0.129 e. The van der Waals surface area contributed by atoms with E-state index >= 15 is 0 Å². The van der Waals surface area contributed by atoms with Gasteiger partial charge in [-0.05, 0) is 25.5 Å². The van der Waals surface area contributed by atoms with Gasteiger partial charge in [0.05, 0.1) is 11.9 Å². The summed E-state index contributed by atoms with van der Waals surface area (Å²) in [6, 6.07) is 10.4. The monoisotopic (exact) mass is 229 g/mol. The summed E-state index contributed by atoms with van der Waals surface area (Å²) >= 11 is 0. The predicted molar refractivity (Wildman–Crippen MR) is 71.7 cm³/mol. The van der Waals surface area contributed by atoms with E-state index in [1.54, 1.807) is 0 Å². The van der Waals surface area contributed by atoms with Crippen LogP contribution < -0.4 is 5.32 Å². The van der Waals surface area contributed by atoms with Gasteiger partial charge < -0.3 is 5.32 Å². The average molecular weight is 229 g/mol. The Morgan fingerprint density at radius 1 is 1.18 bits per heavy atom. The zero-order chi connectivity index (χ0) is 12.1. The van der Waals surface area contributed by atoms with Crippen molar-refractivity contribution in [3.8, 4) is 5.69 Å². The fourth-order valence-electron chi connectivity index (χ4n) is 1.72. The van der Waals surface area contributed by atoms with E-state index in [1.807, 2.05) is 16.9 Å². The van der Waals surface area contributed by atoms with Gasteiger partial charge in [0.2, 0.25) is 0 Å². The van der Waals surface area contributed by atoms with Crippen molar-refractivity contribution in [1.82, 2.24) is 9.78 Å². The molecule has 90 valence electrons. The highest BCUT2D eigenvalue weighted by atomic mass is 15.3. The fourth-order valence-corrected chi connectivity index (χ4v) is 1.72. The summed E-state index contributed by atoms with van der Waals surface area (Å²) in [4.78, 5) is 0. The van der Waals surface area contributed by atoms with Crippen LogP contribution in [0.15, 0.2) is 36.5 Å². The second-order valence-corrected chi connectivity index (χ2v) is 4.24. The maximum absolute atomic E-state index is 4.35. The number of aryl methyl sites for hydroxylation is 1. The Morgan fingerprint density at radius 2 is 1.94 bits per heavy atom. The lowest BCUT2D eigenvalue weighted by Crippen LogP contribution is -2.07. The Morgan fingerprint density at radius 3 is 2.65 bits per heavy atom. The average Bonchev–Trinajstić information content (AvgIpc) is 2.79. The highest BCUT2D eigenvalue weighted by Crippen LogP contribution is 2.15. The first kappa shape index (κ1) is 11.7. The van der Waals surface area contributed by atoms with Crippen molar-refractivity contribution in [1.29, 1.82) is 0 Å². The molecule has 0 aliphatic carbocycles. The molecule has 0 unspecified atom stereocenters. The Hall–Kier alpha value is -1.77. The molecule has 1 aromatic heterocycles. The quantitative estimate of drug-likeness (QED) is 0.796.